The van der Waals surface area contributed by atoms with E-state index in [1.54, 1.807) is 12.1 Å². The molecule has 1 aliphatic rings. The number of hydrogen-bond donors (Lipinski definition) is 2. The SMILES string of the molecule is COc1cc(CC2(CCC(=O)NCCc3ccccc3C(F)(F)F)CCC(=O)N2)ccc1F. The molecule has 178 valence electrons. The van der Waals surface area contributed by atoms with Crippen molar-refractivity contribution in [3.8, 4) is 5.75 Å². The maximum absolute atomic E-state index is 13.7. The Hall–Kier alpha value is -3.10. The highest BCUT2D eigenvalue weighted by Gasteiger charge is 2.38. The van der Waals surface area contributed by atoms with Crippen molar-refractivity contribution in [2.24, 2.45) is 0 Å². The Bertz CT molecular complexity index is 1010. The van der Waals surface area contributed by atoms with Gasteiger partial charge in [0, 0.05) is 24.9 Å². The Balaban J connectivity index is 1.57. The zero-order chi connectivity index (χ0) is 24.1. The predicted molar refractivity (Wildman–Crippen MR) is 114 cm³/mol. The zero-order valence-electron chi connectivity index (χ0n) is 18.2. The van der Waals surface area contributed by atoms with E-state index in [1.165, 1.54) is 31.4 Å². The Morgan fingerprint density at radius 1 is 1.21 bits per heavy atom. The van der Waals surface area contributed by atoms with Crippen LogP contribution in [0.3, 0.4) is 0 Å². The number of ether oxygens (including phenoxy) is 1. The second-order valence-corrected chi connectivity index (χ2v) is 8.23. The second-order valence-electron chi connectivity index (χ2n) is 8.23. The van der Waals surface area contributed by atoms with E-state index >= 15 is 0 Å². The first-order valence-electron chi connectivity index (χ1n) is 10.7. The van der Waals surface area contributed by atoms with E-state index in [2.05, 4.69) is 10.6 Å². The van der Waals surface area contributed by atoms with Gasteiger partial charge in [0.1, 0.15) is 0 Å². The maximum Gasteiger partial charge on any atom is 0.416 e. The predicted octanol–water partition coefficient (Wildman–Crippen LogP) is 4.18. The van der Waals surface area contributed by atoms with Crippen molar-refractivity contribution in [3.05, 3.63) is 65.0 Å². The molecule has 0 saturated carbocycles. The molecule has 2 N–H and O–H groups in total. The van der Waals surface area contributed by atoms with Gasteiger partial charge in [-0.25, -0.2) is 4.39 Å². The molecule has 0 aromatic heterocycles. The van der Waals surface area contributed by atoms with Gasteiger partial charge in [0.05, 0.1) is 12.7 Å². The van der Waals surface area contributed by atoms with Gasteiger partial charge >= 0.3 is 6.18 Å². The topological polar surface area (TPSA) is 67.4 Å². The van der Waals surface area contributed by atoms with E-state index in [9.17, 15) is 27.2 Å². The molecule has 1 unspecified atom stereocenters. The molecule has 2 aromatic rings. The minimum Gasteiger partial charge on any atom is -0.494 e. The van der Waals surface area contributed by atoms with Crippen LogP contribution in [0.1, 0.15) is 42.4 Å². The van der Waals surface area contributed by atoms with Gasteiger partial charge in [-0.15, -0.1) is 0 Å². The highest BCUT2D eigenvalue weighted by molar-refractivity contribution is 5.80. The van der Waals surface area contributed by atoms with Gasteiger partial charge in [0.25, 0.3) is 0 Å². The molecule has 1 aliphatic heterocycles. The minimum absolute atomic E-state index is 0.0542. The summed E-state index contributed by atoms with van der Waals surface area (Å²) in [5, 5.41) is 5.61. The highest BCUT2D eigenvalue weighted by Crippen LogP contribution is 2.32. The molecule has 1 atom stereocenters. The molecule has 2 aromatic carbocycles. The second kappa shape index (κ2) is 10.2. The summed E-state index contributed by atoms with van der Waals surface area (Å²) in [6.45, 7) is 0.0699. The van der Waals surface area contributed by atoms with E-state index in [0.717, 1.165) is 11.6 Å². The summed E-state index contributed by atoms with van der Waals surface area (Å²) < 4.78 is 58.0. The van der Waals surface area contributed by atoms with Crippen LogP contribution in [0, 0.1) is 5.82 Å². The number of amides is 2. The van der Waals surface area contributed by atoms with Crippen LogP contribution in [0.4, 0.5) is 17.6 Å². The zero-order valence-corrected chi connectivity index (χ0v) is 18.2. The van der Waals surface area contributed by atoms with Gasteiger partial charge < -0.3 is 15.4 Å². The first-order chi connectivity index (χ1) is 15.6. The van der Waals surface area contributed by atoms with Gasteiger partial charge in [0.15, 0.2) is 11.6 Å². The van der Waals surface area contributed by atoms with E-state index in [0.29, 0.717) is 25.7 Å². The molecule has 1 saturated heterocycles. The van der Waals surface area contributed by atoms with Crippen LogP contribution in [0.25, 0.3) is 0 Å². The first-order valence-corrected chi connectivity index (χ1v) is 10.7. The van der Waals surface area contributed by atoms with Crippen LogP contribution < -0.4 is 15.4 Å². The summed E-state index contributed by atoms with van der Waals surface area (Å²) in [5.41, 5.74) is -0.476. The number of halogens is 4. The van der Waals surface area contributed by atoms with Crippen molar-refractivity contribution >= 4 is 11.8 Å². The third-order valence-corrected chi connectivity index (χ3v) is 5.86. The normalized spacial score (nSPS) is 18.2. The van der Waals surface area contributed by atoms with Crippen LogP contribution in [0.15, 0.2) is 42.5 Å². The molecule has 2 amide bonds. The summed E-state index contributed by atoms with van der Waals surface area (Å²) in [6.07, 6.45) is -2.69. The van der Waals surface area contributed by atoms with E-state index in [4.69, 9.17) is 4.74 Å². The molecule has 9 heteroatoms. The van der Waals surface area contributed by atoms with E-state index in [-0.39, 0.29) is 42.5 Å². The number of carbonyl (C=O) groups is 2. The van der Waals surface area contributed by atoms with Crippen LogP contribution in [0.5, 0.6) is 5.75 Å². The molecular formula is C24H26F4N2O3. The van der Waals surface area contributed by atoms with Crippen LogP contribution in [0.2, 0.25) is 0 Å². The standard InChI is InChI=1S/C24H26F4N2O3/c1-33-20-14-16(6-7-19(20)25)15-23(12-9-22(32)30-23)11-8-21(31)29-13-10-17-4-2-3-5-18(17)24(26,27)28/h2-7,14H,8-13,15H2,1H3,(H,29,31)(H,30,32). The smallest absolute Gasteiger partial charge is 0.416 e. The third-order valence-electron chi connectivity index (χ3n) is 5.86. The Kier molecular flexibility index (Phi) is 7.61. The lowest BCUT2D eigenvalue weighted by Gasteiger charge is -2.29. The highest BCUT2D eigenvalue weighted by atomic mass is 19.4. The lowest BCUT2D eigenvalue weighted by Crippen LogP contribution is -2.44. The summed E-state index contributed by atoms with van der Waals surface area (Å²) in [6, 6.07) is 9.76. The number of nitrogens with one attached hydrogen (secondary N) is 2. The average Bonchev–Trinajstić information content (AvgIpc) is 3.14. The molecular weight excluding hydrogens is 440 g/mol. The van der Waals surface area contributed by atoms with Crippen molar-refractivity contribution in [2.45, 2.75) is 50.2 Å². The Morgan fingerprint density at radius 2 is 1.97 bits per heavy atom. The molecule has 1 heterocycles. The molecule has 0 spiro atoms. The molecule has 1 fully saturated rings. The van der Waals surface area contributed by atoms with Crippen molar-refractivity contribution in [2.75, 3.05) is 13.7 Å². The van der Waals surface area contributed by atoms with Crippen molar-refractivity contribution < 1.29 is 31.9 Å². The molecule has 3 rings (SSSR count). The lowest BCUT2D eigenvalue weighted by atomic mass is 9.85. The lowest BCUT2D eigenvalue weighted by molar-refractivity contribution is -0.138. The average molecular weight is 466 g/mol. The number of methoxy groups -OCH3 is 1. The van der Waals surface area contributed by atoms with Gasteiger partial charge in [-0.1, -0.05) is 24.3 Å². The van der Waals surface area contributed by atoms with Crippen LogP contribution >= 0.6 is 0 Å². The summed E-state index contributed by atoms with van der Waals surface area (Å²) in [7, 11) is 1.37. The summed E-state index contributed by atoms with van der Waals surface area (Å²) in [5.74, 6) is -0.814. The van der Waals surface area contributed by atoms with Gasteiger partial charge in [-0.3, -0.25) is 9.59 Å². The molecule has 33 heavy (non-hydrogen) atoms. The molecule has 0 radical (unpaired) electrons. The number of carbonyl (C=O) groups excluding carboxylic acids is 2. The summed E-state index contributed by atoms with van der Waals surface area (Å²) in [4.78, 5) is 24.3. The van der Waals surface area contributed by atoms with Crippen molar-refractivity contribution in [3.63, 3.8) is 0 Å². The van der Waals surface area contributed by atoms with Gasteiger partial charge in [-0.05, 0) is 55.0 Å². The molecule has 0 aliphatic carbocycles. The molecule has 0 bridgehead atoms. The number of hydrogen-bond acceptors (Lipinski definition) is 3. The third kappa shape index (κ3) is 6.46. The maximum atomic E-state index is 13.7. The van der Waals surface area contributed by atoms with Crippen LogP contribution in [-0.4, -0.2) is 31.0 Å². The fourth-order valence-corrected chi connectivity index (χ4v) is 4.18. The quantitative estimate of drug-likeness (QED) is 0.545. The Labute approximate surface area is 189 Å². The van der Waals surface area contributed by atoms with E-state index < -0.39 is 23.1 Å². The molecule has 5 nitrogen and oxygen atoms in total. The van der Waals surface area contributed by atoms with Crippen LogP contribution in [-0.2, 0) is 28.6 Å². The fourth-order valence-electron chi connectivity index (χ4n) is 4.18. The van der Waals surface area contributed by atoms with Gasteiger partial charge in [0.2, 0.25) is 11.8 Å². The first kappa shape index (κ1) is 24.5. The Morgan fingerprint density at radius 3 is 2.64 bits per heavy atom. The van der Waals surface area contributed by atoms with Crippen molar-refractivity contribution in [1.82, 2.24) is 10.6 Å². The fraction of sp³-hybridized carbons (Fsp3) is 0.417. The number of rotatable bonds is 9. The van der Waals surface area contributed by atoms with Crippen molar-refractivity contribution in [1.29, 1.82) is 0 Å². The van der Waals surface area contributed by atoms with Gasteiger partial charge in [-0.2, -0.15) is 13.2 Å². The largest absolute Gasteiger partial charge is 0.494 e. The monoisotopic (exact) mass is 466 g/mol. The minimum atomic E-state index is -4.45. The summed E-state index contributed by atoms with van der Waals surface area (Å²) >= 11 is 0. The number of benzene rings is 2. The van der Waals surface area contributed by atoms with E-state index in [1.807, 2.05) is 0 Å². The number of alkyl halides is 3.